The second kappa shape index (κ2) is 8.16. The van der Waals surface area contributed by atoms with Crippen molar-refractivity contribution < 1.29 is 14.3 Å². The fourth-order valence-corrected chi connectivity index (χ4v) is 4.12. The molecule has 3 aliphatic rings. The quantitative estimate of drug-likeness (QED) is 0.822. The molecule has 0 aliphatic carbocycles. The summed E-state index contributed by atoms with van der Waals surface area (Å²) >= 11 is 0. The predicted octanol–water partition coefficient (Wildman–Crippen LogP) is 2.19. The summed E-state index contributed by atoms with van der Waals surface area (Å²) in [7, 11) is 0. The van der Waals surface area contributed by atoms with Crippen molar-refractivity contribution in [3.05, 3.63) is 29.8 Å². The highest BCUT2D eigenvalue weighted by atomic mass is 16.6. The summed E-state index contributed by atoms with van der Waals surface area (Å²) in [6, 6.07) is 8.33. The molecule has 1 aromatic carbocycles. The fourth-order valence-electron chi connectivity index (χ4n) is 4.12. The van der Waals surface area contributed by atoms with Gasteiger partial charge >= 0.3 is 6.09 Å². The number of guanidine groups is 1. The Morgan fingerprint density at radius 2 is 1.97 bits per heavy atom. The van der Waals surface area contributed by atoms with Crippen LogP contribution in [-0.2, 0) is 16.1 Å². The number of carbonyl (C=O) groups is 2. The highest BCUT2D eigenvalue weighted by Crippen LogP contribution is 2.22. The molecule has 2 amide bonds. The zero-order chi connectivity index (χ0) is 21.3. The van der Waals surface area contributed by atoms with Crippen LogP contribution in [0.4, 0.5) is 10.5 Å². The summed E-state index contributed by atoms with van der Waals surface area (Å²) < 4.78 is 5.50. The lowest BCUT2D eigenvalue weighted by Crippen LogP contribution is -2.57. The minimum absolute atomic E-state index is 0.192. The Labute approximate surface area is 177 Å². The first-order chi connectivity index (χ1) is 14.3. The number of aliphatic imine (C=N–C) groups is 1. The zero-order valence-corrected chi connectivity index (χ0v) is 18.1. The van der Waals surface area contributed by atoms with Crippen LogP contribution in [-0.4, -0.2) is 72.1 Å². The molecule has 3 heterocycles. The minimum atomic E-state index is -0.481. The van der Waals surface area contributed by atoms with E-state index in [0.717, 1.165) is 36.7 Å². The van der Waals surface area contributed by atoms with Crippen molar-refractivity contribution in [3.63, 3.8) is 0 Å². The van der Waals surface area contributed by atoms with Crippen LogP contribution in [0.5, 0.6) is 0 Å². The second-order valence-electron chi connectivity index (χ2n) is 9.11. The van der Waals surface area contributed by atoms with Crippen LogP contribution < -0.4 is 10.2 Å². The van der Waals surface area contributed by atoms with Crippen molar-refractivity contribution >= 4 is 23.6 Å². The number of fused-ring (bicyclic) bond motifs is 1. The zero-order valence-electron chi connectivity index (χ0n) is 18.1. The fraction of sp³-hybridized carbons (Fsp3) is 0.591. The largest absolute Gasteiger partial charge is 0.444 e. The molecule has 1 unspecified atom stereocenters. The highest BCUT2D eigenvalue weighted by Gasteiger charge is 2.36. The molecule has 1 atom stereocenters. The van der Waals surface area contributed by atoms with E-state index < -0.39 is 5.60 Å². The molecule has 2 fully saturated rings. The summed E-state index contributed by atoms with van der Waals surface area (Å²) in [5.74, 6) is 1.10. The van der Waals surface area contributed by atoms with Gasteiger partial charge in [0, 0.05) is 44.8 Å². The van der Waals surface area contributed by atoms with Gasteiger partial charge in [-0.05, 0) is 44.9 Å². The van der Waals surface area contributed by atoms with Crippen molar-refractivity contribution in [1.82, 2.24) is 15.1 Å². The SMILES string of the molecule is CC(C)(C)OC(=O)N1CCN2C(NCc3ccc(N4CCCC4=O)cc3)=NCC2C1. The Morgan fingerprint density at radius 3 is 2.63 bits per heavy atom. The van der Waals surface area contributed by atoms with Crippen LogP contribution in [0, 0.1) is 0 Å². The van der Waals surface area contributed by atoms with Gasteiger partial charge < -0.3 is 24.8 Å². The number of hydrogen-bond donors (Lipinski definition) is 1. The van der Waals surface area contributed by atoms with E-state index in [1.807, 2.05) is 37.8 Å². The van der Waals surface area contributed by atoms with Gasteiger partial charge in [-0.1, -0.05) is 12.1 Å². The van der Waals surface area contributed by atoms with E-state index in [0.29, 0.717) is 32.6 Å². The molecular weight excluding hydrogens is 382 g/mol. The van der Waals surface area contributed by atoms with Crippen LogP contribution in [0.15, 0.2) is 29.3 Å². The third-order valence-corrected chi connectivity index (χ3v) is 5.63. The monoisotopic (exact) mass is 413 g/mol. The van der Waals surface area contributed by atoms with E-state index in [-0.39, 0.29) is 18.0 Å². The van der Waals surface area contributed by atoms with Crippen molar-refractivity contribution in [3.8, 4) is 0 Å². The van der Waals surface area contributed by atoms with Gasteiger partial charge in [0.2, 0.25) is 5.91 Å². The number of hydrogen-bond acceptors (Lipinski definition) is 6. The maximum absolute atomic E-state index is 12.3. The van der Waals surface area contributed by atoms with Crippen molar-refractivity contribution in [2.24, 2.45) is 4.99 Å². The molecule has 4 rings (SSSR count). The van der Waals surface area contributed by atoms with E-state index in [4.69, 9.17) is 4.74 Å². The van der Waals surface area contributed by atoms with E-state index >= 15 is 0 Å². The van der Waals surface area contributed by atoms with E-state index in [1.165, 1.54) is 0 Å². The van der Waals surface area contributed by atoms with Crippen molar-refractivity contribution in [2.45, 2.75) is 51.8 Å². The molecule has 8 nitrogen and oxygen atoms in total. The summed E-state index contributed by atoms with van der Waals surface area (Å²) in [6.07, 6.45) is 1.33. The van der Waals surface area contributed by atoms with Gasteiger partial charge in [-0.25, -0.2) is 4.79 Å². The lowest BCUT2D eigenvalue weighted by Gasteiger charge is -2.39. The number of carbonyl (C=O) groups excluding carboxylic acids is 2. The van der Waals surface area contributed by atoms with Crippen LogP contribution >= 0.6 is 0 Å². The number of ether oxygens (including phenoxy) is 1. The number of nitrogens with zero attached hydrogens (tertiary/aromatic N) is 4. The van der Waals surface area contributed by atoms with Gasteiger partial charge in [0.05, 0.1) is 12.6 Å². The van der Waals surface area contributed by atoms with Crippen molar-refractivity contribution in [1.29, 1.82) is 0 Å². The van der Waals surface area contributed by atoms with Crippen LogP contribution in [0.3, 0.4) is 0 Å². The normalized spacial score (nSPS) is 21.6. The number of piperazine rings is 1. The van der Waals surface area contributed by atoms with Crippen LogP contribution in [0.25, 0.3) is 0 Å². The summed E-state index contributed by atoms with van der Waals surface area (Å²) in [4.78, 5) is 34.8. The Hall–Kier alpha value is -2.77. The number of amides is 2. The lowest BCUT2D eigenvalue weighted by atomic mass is 10.2. The van der Waals surface area contributed by atoms with Gasteiger partial charge in [-0.3, -0.25) is 9.79 Å². The molecule has 8 heteroatoms. The standard InChI is InChI=1S/C22H31N5O3/c1-22(2,3)30-21(29)25-11-12-27-18(15-25)14-24-20(27)23-13-16-6-8-17(9-7-16)26-10-4-5-19(26)28/h6-9,18H,4-5,10-15H2,1-3H3,(H,23,24). The van der Waals surface area contributed by atoms with E-state index in [1.54, 1.807) is 4.90 Å². The van der Waals surface area contributed by atoms with Gasteiger partial charge in [0.25, 0.3) is 0 Å². The van der Waals surface area contributed by atoms with Crippen LogP contribution in [0.1, 0.15) is 39.2 Å². The maximum Gasteiger partial charge on any atom is 0.410 e. The Balaban J connectivity index is 1.28. The molecule has 1 aromatic rings. The van der Waals surface area contributed by atoms with E-state index in [2.05, 4.69) is 27.3 Å². The number of benzene rings is 1. The molecule has 0 saturated carbocycles. The average Bonchev–Trinajstić information content (AvgIpc) is 3.31. The lowest BCUT2D eigenvalue weighted by molar-refractivity contribution is -0.117. The van der Waals surface area contributed by atoms with Gasteiger partial charge in [0.1, 0.15) is 5.60 Å². The third kappa shape index (κ3) is 4.52. The molecule has 162 valence electrons. The summed E-state index contributed by atoms with van der Waals surface area (Å²) in [5.41, 5.74) is 1.63. The number of nitrogens with one attached hydrogen (secondary N) is 1. The van der Waals surface area contributed by atoms with E-state index in [9.17, 15) is 9.59 Å². The van der Waals surface area contributed by atoms with Gasteiger partial charge in [-0.15, -0.1) is 0 Å². The molecule has 3 aliphatic heterocycles. The first kappa shape index (κ1) is 20.5. The molecule has 0 spiro atoms. The van der Waals surface area contributed by atoms with Gasteiger partial charge in [0.15, 0.2) is 5.96 Å². The Morgan fingerprint density at radius 1 is 1.20 bits per heavy atom. The Kier molecular flexibility index (Phi) is 5.58. The van der Waals surface area contributed by atoms with Gasteiger partial charge in [-0.2, -0.15) is 0 Å². The second-order valence-corrected chi connectivity index (χ2v) is 9.11. The molecule has 1 N–H and O–H groups in total. The maximum atomic E-state index is 12.3. The smallest absolute Gasteiger partial charge is 0.410 e. The predicted molar refractivity (Wildman–Crippen MR) is 115 cm³/mol. The number of anilines is 1. The van der Waals surface area contributed by atoms with Crippen molar-refractivity contribution in [2.75, 3.05) is 37.6 Å². The first-order valence-electron chi connectivity index (χ1n) is 10.7. The highest BCUT2D eigenvalue weighted by molar-refractivity contribution is 5.95. The summed E-state index contributed by atoms with van der Waals surface area (Å²) in [6.45, 7) is 9.82. The van der Waals surface area contributed by atoms with Crippen LogP contribution in [0.2, 0.25) is 0 Å². The molecule has 0 aromatic heterocycles. The molecule has 0 bridgehead atoms. The molecular formula is C22H31N5O3. The summed E-state index contributed by atoms with van der Waals surface area (Å²) in [5, 5.41) is 3.44. The first-order valence-corrected chi connectivity index (χ1v) is 10.7. The minimum Gasteiger partial charge on any atom is -0.444 e. The topological polar surface area (TPSA) is 77.5 Å². The third-order valence-electron chi connectivity index (χ3n) is 5.63. The molecule has 0 radical (unpaired) electrons. The number of rotatable bonds is 3. The molecule has 30 heavy (non-hydrogen) atoms. The Bertz CT molecular complexity index is 830. The molecule has 2 saturated heterocycles. The average molecular weight is 414 g/mol.